The Morgan fingerprint density at radius 2 is 1.81 bits per heavy atom. The maximum absolute atomic E-state index is 11.9. The Morgan fingerprint density at radius 3 is 2.29 bits per heavy atom. The summed E-state index contributed by atoms with van der Waals surface area (Å²) in [7, 11) is 0. The van der Waals surface area contributed by atoms with Gasteiger partial charge in [-0.25, -0.2) is 9.59 Å². The van der Waals surface area contributed by atoms with Gasteiger partial charge in [-0.2, -0.15) is 0 Å². The average Bonchev–Trinajstić information content (AvgIpc) is 2.40. The van der Waals surface area contributed by atoms with Crippen LogP contribution in [0.3, 0.4) is 0 Å². The fraction of sp³-hybridized carbons (Fsp3) is 0.875. The summed E-state index contributed by atoms with van der Waals surface area (Å²) in [5.74, 6) is 0.0604. The van der Waals surface area contributed by atoms with E-state index in [1.165, 1.54) is 12.8 Å². The number of urea groups is 1. The summed E-state index contributed by atoms with van der Waals surface area (Å²) in [6.07, 6.45) is 7.26. The highest BCUT2D eigenvalue weighted by Gasteiger charge is 2.25. The Balaban J connectivity index is 2.34. The molecule has 1 fully saturated rings. The third-order valence-corrected chi connectivity index (χ3v) is 4.19. The molecule has 0 saturated heterocycles. The van der Waals surface area contributed by atoms with Crippen LogP contribution in [0.2, 0.25) is 0 Å². The van der Waals surface area contributed by atoms with Gasteiger partial charge in [-0.3, -0.25) is 0 Å². The topological polar surface area (TPSA) is 78.4 Å². The molecule has 21 heavy (non-hydrogen) atoms. The third kappa shape index (κ3) is 6.82. The molecule has 5 heteroatoms. The van der Waals surface area contributed by atoms with E-state index in [4.69, 9.17) is 5.11 Å². The molecule has 1 aliphatic carbocycles. The van der Waals surface area contributed by atoms with Crippen LogP contribution in [0.15, 0.2) is 0 Å². The molecule has 0 aromatic heterocycles. The maximum Gasteiger partial charge on any atom is 0.326 e. The molecule has 2 amide bonds. The number of carboxylic acids is 1. The molecule has 1 aliphatic rings. The van der Waals surface area contributed by atoms with E-state index < -0.39 is 12.0 Å². The summed E-state index contributed by atoms with van der Waals surface area (Å²) in [6, 6.07) is -0.963. The van der Waals surface area contributed by atoms with Gasteiger partial charge in [0.25, 0.3) is 0 Å². The largest absolute Gasteiger partial charge is 0.480 e. The van der Waals surface area contributed by atoms with Crippen LogP contribution < -0.4 is 10.6 Å². The first-order valence-corrected chi connectivity index (χ1v) is 8.22. The summed E-state index contributed by atoms with van der Waals surface area (Å²) in [5, 5.41) is 14.6. The molecule has 0 spiro atoms. The van der Waals surface area contributed by atoms with Gasteiger partial charge in [0.05, 0.1) is 0 Å². The van der Waals surface area contributed by atoms with Gasteiger partial charge in [0.15, 0.2) is 0 Å². The minimum atomic E-state index is -0.967. The number of rotatable bonds is 7. The molecule has 0 radical (unpaired) electrons. The molecular formula is C16H30N2O3. The first-order valence-electron chi connectivity index (χ1n) is 8.22. The smallest absolute Gasteiger partial charge is 0.326 e. The number of nitrogens with one attached hydrogen (secondary N) is 2. The number of carbonyl (C=O) groups excluding carboxylic acids is 1. The zero-order valence-corrected chi connectivity index (χ0v) is 13.5. The second-order valence-electron chi connectivity index (χ2n) is 6.64. The molecule has 1 saturated carbocycles. The summed E-state index contributed by atoms with van der Waals surface area (Å²) in [5.41, 5.74) is 0. The van der Waals surface area contributed by atoms with Gasteiger partial charge in [-0.15, -0.1) is 0 Å². The standard InChI is InChI=1S/C16H30N2O3/c1-4-5-12-6-8-13(9-7-12)17-16(21)18-14(15(19)20)10-11(2)3/h11-14H,4-10H2,1-3H3,(H,19,20)(H2,17,18,21)/t12?,13?,14-/m0/s1. The van der Waals surface area contributed by atoms with Crippen LogP contribution in [0.5, 0.6) is 0 Å². The molecule has 1 rings (SSSR count). The lowest BCUT2D eigenvalue weighted by Crippen LogP contribution is -2.50. The van der Waals surface area contributed by atoms with Crippen molar-refractivity contribution in [3.8, 4) is 0 Å². The van der Waals surface area contributed by atoms with Gasteiger partial charge < -0.3 is 15.7 Å². The molecule has 5 nitrogen and oxygen atoms in total. The lowest BCUT2D eigenvalue weighted by atomic mass is 9.83. The number of amides is 2. The third-order valence-electron chi connectivity index (χ3n) is 4.19. The predicted molar refractivity (Wildman–Crippen MR) is 83.2 cm³/mol. The van der Waals surface area contributed by atoms with Gasteiger partial charge in [0, 0.05) is 6.04 Å². The van der Waals surface area contributed by atoms with Crippen molar-refractivity contribution in [2.45, 2.75) is 77.8 Å². The zero-order chi connectivity index (χ0) is 15.8. The minimum Gasteiger partial charge on any atom is -0.480 e. The van der Waals surface area contributed by atoms with Gasteiger partial charge in [0.1, 0.15) is 6.04 Å². The second kappa shape index (κ2) is 8.90. The van der Waals surface area contributed by atoms with Crippen molar-refractivity contribution in [3.63, 3.8) is 0 Å². The molecule has 122 valence electrons. The van der Waals surface area contributed by atoms with Crippen LogP contribution in [0.4, 0.5) is 4.79 Å². The number of hydrogen-bond acceptors (Lipinski definition) is 2. The highest BCUT2D eigenvalue weighted by Crippen LogP contribution is 2.27. The highest BCUT2D eigenvalue weighted by atomic mass is 16.4. The molecule has 0 aromatic rings. The van der Waals surface area contributed by atoms with E-state index in [-0.39, 0.29) is 18.0 Å². The summed E-state index contributed by atoms with van der Waals surface area (Å²) in [4.78, 5) is 23.1. The predicted octanol–water partition coefficient (Wildman–Crippen LogP) is 3.14. The summed E-state index contributed by atoms with van der Waals surface area (Å²) in [6.45, 7) is 6.10. The average molecular weight is 298 g/mol. The van der Waals surface area contributed by atoms with E-state index in [1.54, 1.807) is 0 Å². The van der Waals surface area contributed by atoms with Gasteiger partial charge >= 0.3 is 12.0 Å². The van der Waals surface area contributed by atoms with Gasteiger partial charge in [0.2, 0.25) is 0 Å². The zero-order valence-electron chi connectivity index (χ0n) is 13.5. The summed E-state index contributed by atoms with van der Waals surface area (Å²) < 4.78 is 0. The Labute approximate surface area is 127 Å². The van der Waals surface area contributed by atoms with E-state index >= 15 is 0 Å². The quantitative estimate of drug-likeness (QED) is 0.675. The maximum atomic E-state index is 11.9. The van der Waals surface area contributed by atoms with Crippen molar-refractivity contribution >= 4 is 12.0 Å². The highest BCUT2D eigenvalue weighted by molar-refractivity contribution is 5.82. The number of hydrogen-bond donors (Lipinski definition) is 3. The molecule has 3 N–H and O–H groups in total. The molecule has 0 bridgehead atoms. The van der Waals surface area contributed by atoms with Crippen molar-refractivity contribution in [1.82, 2.24) is 10.6 Å². The molecule has 0 aromatic carbocycles. The van der Waals surface area contributed by atoms with E-state index in [0.717, 1.165) is 31.6 Å². The SMILES string of the molecule is CCCC1CCC(NC(=O)N[C@@H](CC(C)C)C(=O)O)CC1. The lowest BCUT2D eigenvalue weighted by molar-refractivity contribution is -0.139. The van der Waals surface area contributed by atoms with Crippen molar-refractivity contribution in [3.05, 3.63) is 0 Å². The van der Waals surface area contributed by atoms with Gasteiger partial charge in [-0.05, 0) is 43.9 Å². The fourth-order valence-corrected chi connectivity index (χ4v) is 3.08. The van der Waals surface area contributed by atoms with Crippen molar-refractivity contribution in [1.29, 1.82) is 0 Å². The van der Waals surface area contributed by atoms with E-state index in [2.05, 4.69) is 17.6 Å². The van der Waals surface area contributed by atoms with Crippen molar-refractivity contribution in [2.24, 2.45) is 11.8 Å². The molecule has 0 aliphatic heterocycles. The molecule has 0 heterocycles. The summed E-state index contributed by atoms with van der Waals surface area (Å²) >= 11 is 0. The van der Waals surface area contributed by atoms with Crippen LogP contribution in [0.25, 0.3) is 0 Å². The van der Waals surface area contributed by atoms with Crippen LogP contribution in [-0.4, -0.2) is 29.2 Å². The monoisotopic (exact) mass is 298 g/mol. The first-order chi connectivity index (χ1) is 9.92. The lowest BCUT2D eigenvalue weighted by Gasteiger charge is -2.29. The van der Waals surface area contributed by atoms with E-state index in [9.17, 15) is 9.59 Å². The second-order valence-corrected chi connectivity index (χ2v) is 6.64. The van der Waals surface area contributed by atoms with Crippen LogP contribution >= 0.6 is 0 Å². The minimum absolute atomic E-state index is 0.187. The Morgan fingerprint density at radius 1 is 1.19 bits per heavy atom. The Kier molecular flexibility index (Phi) is 7.54. The Bertz CT molecular complexity index is 336. The number of aliphatic carboxylic acids is 1. The van der Waals surface area contributed by atoms with E-state index in [1.807, 2.05) is 13.8 Å². The number of carboxylic acid groups (broad SMARTS) is 1. The van der Waals surface area contributed by atoms with Crippen LogP contribution in [-0.2, 0) is 4.79 Å². The fourth-order valence-electron chi connectivity index (χ4n) is 3.08. The Hall–Kier alpha value is -1.26. The molecule has 0 unspecified atom stereocenters. The van der Waals surface area contributed by atoms with Crippen LogP contribution in [0, 0.1) is 11.8 Å². The normalized spacial score (nSPS) is 23.6. The molecule has 1 atom stereocenters. The van der Waals surface area contributed by atoms with Crippen molar-refractivity contribution in [2.75, 3.05) is 0 Å². The van der Waals surface area contributed by atoms with Crippen LogP contribution in [0.1, 0.15) is 65.7 Å². The number of carbonyl (C=O) groups is 2. The first kappa shape index (κ1) is 17.8. The van der Waals surface area contributed by atoms with Crippen molar-refractivity contribution < 1.29 is 14.7 Å². The van der Waals surface area contributed by atoms with E-state index in [0.29, 0.717) is 6.42 Å². The molecular weight excluding hydrogens is 268 g/mol. The van der Waals surface area contributed by atoms with Gasteiger partial charge in [-0.1, -0.05) is 33.6 Å².